The molecule has 0 aliphatic carbocycles. The van der Waals surface area contributed by atoms with Gasteiger partial charge >= 0.3 is 12.0 Å². The van der Waals surface area contributed by atoms with E-state index in [4.69, 9.17) is 4.74 Å². The molecule has 1 aromatic carbocycles. The maximum absolute atomic E-state index is 12.0. The number of hydrogen-bond donors (Lipinski definition) is 0. The molecule has 0 aromatic heterocycles. The molecule has 1 aromatic rings. The number of amides is 2. The number of cyclic esters (lactones) is 1. The standard InChI is InChI=1S/C14H13NO3S/c1-19-10-12-9-18-14(17)15(12)13(16)8-7-11-5-3-2-4-6-11/h2-6,12H,9-10H2,1H3/t12-/m1/s1. The molecule has 1 aliphatic heterocycles. The van der Waals surface area contributed by atoms with Crippen molar-refractivity contribution in [1.29, 1.82) is 0 Å². The lowest BCUT2D eigenvalue weighted by Gasteiger charge is -2.15. The van der Waals surface area contributed by atoms with Crippen molar-refractivity contribution in [3.8, 4) is 11.8 Å². The summed E-state index contributed by atoms with van der Waals surface area (Å²) < 4.78 is 4.89. The van der Waals surface area contributed by atoms with E-state index < -0.39 is 12.0 Å². The van der Waals surface area contributed by atoms with Crippen molar-refractivity contribution in [3.05, 3.63) is 35.9 Å². The average Bonchev–Trinajstić information content (AvgIpc) is 2.79. The molecule has 5 heteroatoms. The number of hydrogen-bond acceptors (Lipinski definition) is 4. The number of ether oxygens (including phenoxy) is 1. The molecule has 1 atom stereocenters. The number of imide groups is 1. The normalized spacial score (nSPS) is 17.6. The molecular formula is C14H13NO3S. The Labute approximate surface area is 116 Å². The number of benzene rings is 1. The van der Waals surface area contributed by atoms with Gasteiger partial charge in [0, 0.05) is 17.2 Å². The molecule has 1 saturated heterocycles. The second-order valence-corrected chi connectivity index (χ2v) is 4.89. The van der Waals surface area contributed by atoms with Gasteiger partial charge in [0.1, 0.15) is 6.61 Å². The minimum atomic E-state index is -0.605. The van der Waals surface area contributed by atoms with Crippen LogP contribution in [-0.4, -0.2) is 41.6 Å². The van der Waals surface area contributed by atoms with Crippen LogP contribution in [0.3, 0.4) is 0 Å². The maximum Gasteiger partial charge on any atom is 0.417 e. The van der Waals surface area contributed by atoms with Crippen LogP contribution >= 0.6 is 11.8 Å². The Hall–Kier alpha value is -1.93. The summed E-state index contributed by atoms with van der Waals surface area (Å²) in [5.74, 6) is 5.38. The topological polar surface area (TPSA) is 46.6 Å². The molecule has 0 N–H and O–H groups in total. The Balaban J connectivity index is 2.11. The summed E-state index contributed by atoms with van der Waals surface area (Å²) in [6.07, 6.45) is 1.31. The fraction of sp³-hybridized carbons (Fsp3) is 0.286. The summed E-state index contributed by atoms with van der Waals surface area (Å²) in [5, 5.41) is 0. The van der Waals surface area contributed by atoms with E-state index in [-0.39, 0.29) is 12.6 Å². The van der Waals surface area contributed by atoms with Crippen molar-refractivity contribution in [2.75, 3.05) is 18.6 Å². The molecule has 0 radical (unpaired) electrons. The van der Waals surface area contributed by atoms with E-state index in [1.807, 2.05) is 36.6 Å². The van der Waals surface area contributed by atoms with Crippen molar-refractivity contribution in [2.24, 2.45) is 0 Å². The van der Waals surface area contributed by atoms with Gasteiger partial charge in [-0.15, -0.1) is 0 Å². The molecule has 4 nitrogen and oxygen atoms in total. The van der Waals surface area contributed by atoms with E-state index >= 15 is 0 Å². The van der Waals surface area contributed by atoms with E-state index in [1.165, 1.54) is 0 Å². The summed E-state index contributed by atoms with van der Waals surface area (Å²) in [5.41, 5.74) is 0.741. The van der Waals surface area contributed by atoms with Gasteiger partial charge in [0.2, 0.25) is 0 Å². The summed E-state index contributed by atoms with van der Waals surface area (Å²) in [6, 6.07) is 8.95. The predicted octanol–water partition coefficient (Wildman–Crippen LogP) is 1.75. The second kappa shape index (κ2) is 6.30. The smallest absolute Gasteiger partial charge is 0.417 e. The van der Waals surface area contributed by atoms with Crippen molar-refractivity contribution < 1.29 is 14.3 Å². The van der Waals surface area contributed by atoms with Crippen molar-refractivity contribution >= 4 is 23.8 Å². The fourth-order valence-electron chi connectivity index (χ4n) is 1.73. The fourth-order valence-corrected chi connectivity index (χ4v) is 2.36. The molecule has 0 saturated carbocycles. The summed E-state index contributed by atoms with van der Waals surface area (Å²) in [6.45, 7) is 0.248. The van der Waals surface area contributed by atoms with Crippen molar-refractivity contribution in [2.45, 2.75) is 6.04 Å². The van der Waals surface area contributed by atoms with Crippen LogP contribution in [0.1, 0.15) is 5.56 Å². The molecule has 19 heavy (non-hydrogen) atoms. The lowest BCUT2D eigenvalue weighted by atomic mass is 10.2. The first kappa shape index (κ1) is 13.5. The quantitative estimate of drug-likeness (QED) is 0.771. The van der Waals surface area contributed by atoms with Crippen molar-refractivity contribution in [3.63, 3.8) is 0 Å². The first-order chi connectivity index (χ1) is 9.22. The highest BCUT2D eigenvalue weighted by Crippen LogP contribution is 2.15. The third kappa shape index (κ3) is 3.30. The Morgan fingerprint density at radius 1 is 1.47 bits per heavy atom. The molecular weight excluding hydrogens is 262 g/mol. The molecule has 2 rings (SSSR count). The number of thioether (sulfide) groups is 1. The number of carbonyl (C=O) groups excluding carboxylic acids is 2. The summed E-state index contributed by atoms with van der Waals surface area (Å²) >= 11 is 1.56. The Morgan fingerprint density at radius 2 is 2.21 bits per heavy atom. The molecule has 1 fully saturated rings. The highest BCUT2D eigenvalue weighted by Gasteiger charge is 2.36. The van der Waals surface area contributed by atoms with Gasteiger partial charge in [0.25, 0.3) is 0 Å². The van der Waals surface area contributed by atoms with Gasteiger partial charge < -0.3 is 4.74 Å². The number of nitrogens with zero attached hydrogens (tertiary/aromatic N) is 1. The molecule has 1 aliphatic rings. The van der Waals surface area contributed by atoms with E-state index in [1.54, 1.807) is 11.8 Å². The minimum absolute atomic E-state index is 0.222. The Bertz CT molecular complexity index is 533. The molecule has 0 bridgehead atoms. The molecule has 0 spiro atoms. The van der Waals surface area contributed by atoms with Crippen LogP contribution in [0.4, 0.5) is 4.79 Å². The molecule has 98 valence electrons. The minimum Gasteiger partial charge on any atom is -0.447 e. The van der Waals surface area contributed by atoms with Crippen LogP contribution < -0.4 is 0 Å². The van der Waals surface area contributed by atoms with Gasteiger partial charge in [-0.3, -0.25) is 4.79 Å². The summed E-state index contributed by atoms with van der Waals surface area (Å²) in [7, 11) is 0. The maximum atomic E-state index is 12.0. The average molecular weight is 275 g/mol. The van der Waals surface area contributed by atoms with E-state index in [9.17, 15) is 9.59 Å². The zero-order valence-electron chi connectivity index (χ0n) is 10.5. The van der Waals surface area contributed by atoms with Gasteiger partial charge in [-0.1, -0.05) is 24.1 Å². The van der Waals surface area contributed by atoms with Crippen LogP contribution in [0.2, 0.25) is 0 Å². The first-order valence-electron chi connectivity index (χ1n) is 5.78. The zero-order chi connectivity index (χ0) is 13.7. The Kier molecular flexibility index (Phi) is 4.48. The Morgan fingerprint density at radius 3 is 2.89 bits per heavy atom. The van der Waals surface area contributed by atoms with E-state index in [2.05, 4.69) is 11.8 Å². The van der Waals surface area contributed by atoms with Crippen molar-refractivity contribution in [1.82, 2.24) is 4.90 Å². The lowest BCUT2D eigenvalue weighted by molar-refractivity contribution is -0.122. The second-order valence-electron chi connectivity index (χ2n) is 3.98. The van der Waals surface area contributed by atoms with E-state index in [0.717, 1.165) is 10.5 Å². The predicted molar refractivity (Wildman–Crippen MR) is 73.7 cm³/mol. The number of carbonyl (C=O) groups is 2. The highest BCUT2D eigenvalue weighted by molar-refractivity contribution is 7.98. The van der Waals surface area contributed by atoms with Gasteiger partial charge in [-0.25, -0.2) is 9.69 Å². The van der Waals surface area contributed by atoms with Crippen LogP contribution in [0, 0.1) is 11.8 Å². The largest absolute Gasteiger partial charge is 0.447 e. The van der Waals surface area contributed by atoms with Gasteiger partial charge in [-0.05, 0) is 18.4 Å². The number of rotatable bonds is 2. The monoisotopic (exact) mass is 275 g/mol. The van der Waals surface area contributed by atoms with E-state index in [0.29, 0.717) is 5.75 Å². The summed E-state index contributed by atoms with van der Waals surface area (Å²) in [4.78, 5) is 24.6. The van der Waals surface area contributed by atoms with Gasteiger partial charge in [-0.2, -0.15) is 11.8 Å². The van der Waals surface area contributed by atoms with Crippen LogP contribution in [0.25, 0.3) is 0 Å². The third-order valence-corrected chi connectivity index (χ3v) is 3.34. The molecule has 0 unspecified atom stereocenters. The van der Waals surface area contributed by atoms with Crippen LogP contribution in [0.15, 0.2) is 30.3 Å². The lowest BCUT2D eigenvalue weighted by Crippen LogP contribution is -2.39. The van der Waals surface area contributed by atoms with Gasteiger partial charge in [0.05, 0.1) is 6.04 Å². The third-order valence-electron chi connectivity index (χ3n) is 2.63. The highest BCUT2D eigenvalue weighted by atomic mass is 32.2. The van der Waals surface area contributed by atoms with Crippen LogP contribution in [0.5, 0.6) is 0 Å². The first-order valence-corrected chi connectivity index (χ1v) is 7.17. The molecule has 1 heterocycles. The van der Waals surface area contributed by atoms with Gasteiger partial charge in [0.15, 0.2) is 0 Å². The van der Waals surface area contributed by atoms with Crippen LogP contribution in [-0.2, 0) is 9.53 Å². The molecule has 2 amide bonds. The zero-order valence-corrected chi connectivity index (χ0v) is 11.3. The SMILES string of the molecule is CSC[C@H]1COC(=O)N1C(=O)C#Cc1ccccc1.